The Balaban J connectivity index is 0.000000414. The molecule has 2 heterocycles. The predicted molar refractivity (Wildman–Crippen MR) is 128 cm³/mol. The monoisotopic (exact) mass is 458 g/mol. The maximum Gasteiger partial charge on any atom is 0.328 e. The van der Waals surface area contributed by atoms with Gasteiger partial charge in [0, 0.05) is 38.3 Å². The molecule has 1 fully saturated rings. The van der Waals surface area contributed by atoms with Crippen molar-refractivity contribution in [3.8, 4) is 5.88 Å². The van der Waals surface area contributed by atoms with Crippen LogP contribution in [0.2, 0.25) is 0 Å². The average molecular weight is 459 g/mol. The molecule has 1 aliphatic heterocycles. The molecule has 0 spiro atoms. The van der Waals surface area contributed by atoms with Crippen LogP contribution in [0.4, 0.5) is 5.95 Å². The Morgan fingerprint density at radius 1 is 0.970 bits per heavy atom. The molecular weight excluding hydrogens is 424 g/mol. The normalized spacial score (nSPS) is 14.2. The minimum absolute atomic E-state index is 0.558. The molecule has 0 unspecified atom stereocenters. The molecule has 3 rings (SSSR count). The second-order valence-corrected chi connectivity index (χ2v) is 7.74. The van der Waals surface area contributed by atoms with Gasteiger partial charge in [-0.1, -0.05) is 38.8 Å². The first-order chi connectivity index (χ1) is 15.9. The third kappa shape index (κ3) is 9.05. The van der Waals surface area contributed by atoms with Gasteiger partial charge in [0.05, 0.1) is 17.5 Å². The van der Waals surface area contributed by atoms with E-state index >= 15 is 0 Å². The van der Waals surface area contributed by atoms with Crippen LogP contribution in [0.1, 0.15) is 39.5 Å². The van der Waals surface area contributed by atoms with Crippen LogP contribution in [-0.4, -0.2) is 76.4 Å². The van der Waals surface area contributed by atoms with Crippen LogP contribution >= 0.6 is 0 Å². The first kappa shape index (κ1) is 26.1. The first-order valence-electron chi connectivity index (χ1n) is 11.4. The van der Waals surface area contributed by atoms with Gasteiger partial charge in [0.1, 0.15) is 0 Å². The third-order valence-corrected chi connectivity index (χ3v) is 5.11. The summed E-state index contributed by atoms with van der Waals surface area (Å²) in [7, 11) is 0. The van der Waals surface area contributed by atoms with Gasteiger partial charge in [-0.2, -0.15) is 4.98 Å². The lowest BCUT2D eigenvalue weighted by Crippen LogP contribution is -2.47. The Morgan fingerprint density at radius 3 is 2.24 bits per heavy atom. The molecule has 1 saturated heterocycles. The topological polar surface area (TPSA) is 116 Å². The molecule has 33 heavy (non-hydrogen) atoms. The number of ether oxygens (including phenoxy) is 1. The van der Waals surface area contributed by atoms with Crippen LogP contribution in [0.5, 0.6) is 5.88 Å². The molecule has 2 N–H and O–H groups in total. The lowest BCUT2D eigenvalue weighted by molar-refractivity contribution is -0.134. The van der Waals surface area contributed by atoms with E-state index in [0.717, 1.165) is 61.9 Å². The van der Waals surface area contributed by atoms with E-state index in [1.165, 1.54) is 25.8 Å². The van der Waals surface area contributed by atoms with E-state index in [0.29, 0.717) is 12.2 Å². The molecule has 9 heteroatoms. The Bertz CT molecular complexity index is 910. The number of para-hydroxylation sites is 1. The molecule has 0 atom stereocenters. The summed E-state index contributed by atoms with van der Waals surface area (Å²) in [5, 5.41) is 16.6. The lowest BCUT2D eigenvalue weighted by atomic mass is 10.2. The molecule has 0 aliphatic carbocycles. The summed E-state index contributed by atoms with van der Waals surface area (Å²) < 4.78 is 6.02. The highest BCUT2D eigenvalue weighted by molar-refractivity contribution is 5.89. The van der Waals surface area contributed by atoms with E-state index in [1.807, 2.05) is 24.3 Å². The number of aromatic nitrogens is 2. The van der Waals surface area contributed by atoms with Gasteiger partial charge in [-0.15, -0.1) is 0 Å². The number of hydrogen-bond acceptors (Lipinski definition) is 7. The summed E-state index contributed by atoms with van der Waals surface area (Å²) >= 11 is 0. The van der Waals surface area contributed by atoms with Crippen molar-refractivity contribution in [2.24, 2.45) is 0 Å². The zero-order chi connectivity index (χ0) is 24.1. The maximum atomic E-state index is 9.55. The molecular formula is C24H34N4O5. The number of carboxylic acid groups (broad SMARTS) is 2. The number of carboxylic acids is 2. The first-order valence-corrected chi connectivity index (χ1v) is 11.4. The van der Waals surface area contributed by atoms with Gasteiger partial charge in [-0.3, -0.25) is 4.90 Å². The maximum absolute atomic E-state index is 9.55. The zero-order valence-corrected chi connectivity index (χ0v) is 19.4. The molecule has 0 saturated carbocycles. The third-order valence-electron chi connectivity index (χ3n) is 5.11. The molecule has 2 aromatic rings. The van der Waals surface area contributed by atoms with E-state index < -0.39 is 11.9 Å². The van der Waals surface area contributed by atoms with E-state index in [1.54, 1.807) is 0 Å². The number of hydrogen-bond donors (Lipinski definition) is 2. The molecule has 9 nitrogen and oxygen atoms in total. The Labute approximate surface area is 194 Å². The minimum atomic E-state index is -1.26. The van der Waals surface area contributed by atoms with Crippen molar-refractivity contribution < 1.29 is 24.5 Å². The number of carbonyl (C=O) groups is 2. The van der Waals surface area contributed by atoms with Crippen LogP contribution < -0.4 is 9.64 Å². The standard InChI is InChI=1S/C20H30N4O.C4H4O4/c1-3-5-8-16-25-19-17-9-6-7-10-18(17)21-20(22-19)24-14-12-23(11-4-2)13-15-24;5-3(6)1-2-4(7)8/h6-7,9-10H,3-5,8,11-16H2,1-2H3;1-2H,(H,5,6)(H,7,8). The summed E-state index contributed by atoms with van der Waals surface area (Å²) in [6.07, 6.45) is 5.78. The van der Waals surface area contributed by atoms with Crippen molar-refractivity contribution in [1.29, 1.82) is 0 Å². The van der Waals surface area contributed by atoms with Crippen molar-refractivity contribution >= 4 is 28.8 Å². The highest BCUT2D eigenvalue weighted by Gasteiger charge is 2.20. The number of unbranched alkanes of at least 4 members (excludes halogenated alkanes) is 2. The predicted octanol–water partition coefficient (Wildman–Crippen LogP) is 3.44. The molecule has 180 valence electrons. The van der Waals surface area contributed by atoms with Crippen molar-refractivity contribution in [2.75, 3.05) is 44.2 Å². The van der Waals surface area contributed by atoms with Crippen molar-refractivity contribution in [2.45, 2.75) is 39.5 Å². The fraction of sp³-hybridized carbons (Fsp3) is 0.500. The Kier molecular flexibility index (Phi) is 11.1. The van der Waals surface area contributed by atoms with Crippen molar-refractivity contribution in [3.05, 3.63) is 36.4 Å². The summed E-state index contributed by atoms with van der Waals surface area (Å²) in [5.74, 6) is -0.979. The van der Waals surface area contributed by atoms with Gasteiger partial charge in [-0.25, -0.2) is 14.6 Å². The molecule has 0 bridgehead atoms. The Morgan fingerprint density at radius 2 is 1.64 bits per heavy atom. The van der Waals surface area contributed by atoms with Gasteiger partial charge in [0.25, 0.3) is 0 Å². The summed E-state index contributed by atoms with van der Waals surface area (Å²) in [6, 6.07) is 8.15. The SMILES string of the molecule is CCCCCOc1nc(N2CCN(CCC)CC2)nc2ccccc12.O=C(O)C=CC(=O)O. The quantitative estimate of drug-likeness (QED) is 0.408. The van der Waals surface area contributed by atoms with Crippen LogP contribution in [0.25, 0.3) is 10.9 Å². The zero-order valence-electron chi connectivity index (χ0n) is 19.4. The highest BCUT2D eigenvalue weighted by Crippen LogP contribution is 2.26. The van der Waals surface area contributed by atoms with E-state index in [2.05, 4.69) is 23.6 Å². The van der Waals surface area contributed by atoms with Gasteiger partial charge in [0.15, 0.2) is 0 Å². The smallest absolute Gasteiger partial charge is 0.328 e. The van der Waals surface area contributed by atoms with Crippen LogP contribution in [0, 0.1) is 0 Å². The van der Waals surface area contributed by atoms with Gasteiger partial charge < -0.3 is 19.8 Å². The molecule has 0 amide bonds. The van der Waals surface area contributed by atoms with E-state index in [-0.39, 0.29) is 0 Å². The second kappa shape index (κ2) is 14.1. The minimum Gasteiger partial charge on any atom is -0.478 e. The number of benzene rings is 1. The fourth-order valence-electron chi connectivity index (χ4n) is 3.44. The summed E-state index contributed by atoms with van der Waals surface area (Å²) in [5.41, 5.74) is 0.967. The van der Waals surface area contributed by atoms with Crippen LogP contribution in [0.15, 0.2) is 36.4 Å². The summed E-state index contributed by atoms with van der Waals surface area (Å²) in [4.78, 5) is 33.5. The number of piperazine rings is 1. The van der Waals surface area contributed by atoms with Gasteiger partial charge >= 0.3 is 11.9 Å². The molecule has 1 aromatic heterocycles. The molecule has 1 aromatic carbocycles. The number of fused-ring (bicyclic) bond motifs is 1. The number of nitrogens with zero attached hydrogens (tertiary/aromatic N) is 4. The van der Waals surface area contributed by atoms with Crippen LogP contribution in [0.3, 0.4) is 0 Å². The highest BCUT2D eigenvalue weighted by atomic mass is 16.5. The van der Waals surface area contributed by atoms with E-state index in [9.17, 15) is 9.59 Å². The number of rotatable bonds is 10. The summed E-state index contributed by atoms with van der Waals surface area (Å²) in [6.45, 7) is 10.5. The average Bonchev–Trinajstić information content (AvgIpc) is 2.81. The number of anilines is 1. The Hall–Kier alpha value is -3.20. The van der Waals surface area contributed by atoms with E-state index in [4.69, 9.17) is 24.9 Å². The van der Waals surface area contributed by atoms with Crippen molar-refractivity contribution in [1.82, 2.24) is 14.9 Å². The largest absolute Gasteiger partial charge is 0.478 e. The molecule has 1 aliphatic rings. The van der Waals surface area contributed by atoms with Crippen LogP contribution in [-0.2, 0) is 9.59 Å². The second-order valence-electron chi connectivity index (χ2n) is 7.74. The van der Waals surface area contributed by atoms with Crippen molar-refractivity contribution in [3.63, 3.8) is 0 Å². The fourth-order valence-corrected chi connectivity index (χ4v) is 3.44. The number of aliphatic carboxylic acids is 2. The van der Waals surface area contributed by atoms with Gasteiger partial charge in [-0.05, 0) is 31.5 Å². The van der Waals surface area contributed by atoms with Gasteiger partial charge in [0.2, 0.25) is 11.8 Å². The lowest BCUT2D eigenvalue weighted by Gasteiger charge is -2.34. The molecule has 0 radical (unpaired) electrons.